The molecule has 20 heavy (non-hydrogen) atoms. The van der Waals surface area contributed by atoms with E-state index in [1.54, 1.807) is 18.4 Å². The smallest absolute Gasteiger partial charge is 0.121 e. The third-order valence-corrected chi connectivity index (χ3v) is 4.64. The van der Waals surface area contributed by atoms with Crippen LogP contribution in [-0.2, 0) is 0 Å². The molecule has 0 spiro atoms. The highest BCUT2D eigenvalue weighted by atomic mass is 32.1. The fourth-order valence-electron chi connectivity index (χ4n) is 2.38. The lowest BCUT2D eigenvalue weighted by Gasteiger charge is -2.18. The molecule has 1 aromatic heterocycles. The molecule has 1 N–H and O–H groups in total. The minimum atomic E-state index is 0.200. The van der Waals surface area contributed by atoms with Gasteiger partial charge >= 0.3 is 0 Å². The van der Waals surface area contributed by atoms with E-state index in [2.05, 4.69) is 34.7 Å². The molecule has 106 valence electrons. The van der Waals surface area contributed by atoms with Gasteiger partial charge in [-0.05, 0) is 43.9 Å². The van der Waals surface area contributed by atoms with E-state index in [1.807, 2.05) is 13.0 Å². The molecule has 1 unspecified atom stereocenters. The summed E-state index contributed by atoms with van der Waals surface area (Å²) in [7, 11) is 1.71. The number of hydrogen-bond donors (Lipinski definition) is 1. The van der Waals surface area contributed by atoms with Gasteiger partial charge in [0.2, 0.25) is 0 Å². The Hall–Kier alpha value is -1.39. The zero-order chi connectivity index (χ0) is 14.1. The van der Waals surface area contributed by atoms with Crippen LogP contribution >= 0.6 is 11.3 Å². The molecule has 1 atom stereocenters. The van der Waals surface area contributed by atoms with Crippen molar-refractivity contribution in [3.05, 3.63) is 45.4 Å². The second kappa shape index (κ2) is 5.54. The molecule has 1 aromatic carbocycles. The van der Waals surface area contributed by atoms with Gasteiger partial charge in [0.15, 0.2) is 0 Å². The molecule has 1 aliphatic rings. The van der Waals surface area contributed by atoms with Crippen LogP contribution in [0.2, 0.25) is 0 Å². The van der Waals surface area contributed by atoms with Crippen LogP contribution in [0, 0.1) is 13.8 Å². The van der Waals surface area contributed by atoms with Gasteiger partial charge in [-0.15, -0.1) is 11.3 Å². The molecule has 0 saturated heterocycles. The predicted octanol–water partition coefficient (Wildman–Crippen LogP) is 3.61. The fourth-order valence-corrected chi connectivity index (χ4v) is 3.26. The van der Waals surface area contributed by atoms with Crippen LogP contribution in [0.4, 0.5) is 0 Å². The molecule has 1 heterocycles. The summed E-state index contributed by atoms with van der Waals surface area (Å²) in [6.45, 7) is 4.14. The maximum absolute atomic E-state index is 5.35. The lowest BCUT2D eigenvalue weighted by atomic mass is 10.0. The van der Waals surface area contributed by atoms with Crippen molar-refractivity contribution in [1.82, 2.24) is 10.3 Å². The third-order valence-electron chi connectivity index (χ3n) is 3.62. The Balaban J connectivity index is 1.93. The molecule has 0 amide bonds. The maximum atomic E-state index is 5.35. The fraction of sp³-hybridized carbons (Fsp3) is 0.438. The van der Waals surface area contributed by atoms with E-state index in [-0.39, 0.29) is 6.04 Å². The van der Waals surface area contributed by atoms with E-state index in [9.17, 15) is 0 Å². The van der Waals surface area contributed by atoms with E-state index in [0.29, 0.717) is 6.04 Å². The SMILES string of the molecule is COc1ccc(C(NC2CC2)c2nc(C)cs2)cc1C. The average Bonchev–Trinajstić information content (AvgIpc) is 3.16. The van der Waals surface area contributed by atoms with E-state index < -0.39 is 0 Å². The van der Waals surface area contributed by atoms with E-state index >= 15 is 0 Å². The molecule has 0 bridgehead atoms. The largest absolute Gasteiger partial charge is 0.496 e. The summed E-state index contributed by atoms with van der Waals surface area (Å²) in [5.74, 6) is 0.939. The second-order valence-corrected chi connectivity index (χ2v) is 6.32. The zero-order valence-electron chi connectivity index (χ0n) is 12.1. The van der Waals surface area contributed by atoms with Crippen LogP contribution < -0.4 is 10.1 Å². The van der Waals surface area contributed by atoms with E-state index in [0.717, 1.165) is 16.5 Å². The van der Waals surface area contributed by atoms with Crippen molar-refractivity contribution in [2.75, 3.05) is 7.11 Å². The molecule has 1 aliphatic carbocycles. The molecule has 2 aromatic rings. The Morgan fingerprint density at radius 1 is 1.35 bits per heavy atom. The van der Waals surface area contributed by atoms with Crippen molar-refractivity contribution in [2.45, 2.75) is 38.8 Å². The van der Waals surface area contributed by atoms with Crippen molar-refractivity contribution in [1.29, 1.82) is 0 Å². The lowest BCUT2D eigenvalue weighted by Crippen LogP contribution is -2.24. The number of aromatic nitrogens is 1. The van der Waals surface area contributed by atoms with Crippen LogP contribution in [0.3, 0.4) is 0 Å². The quantitative estimate of drug-likeness (QED) is 0.912. The number of hydrogen-bond acceptors (Lipinski definition) is 4. The maximum Gasteiger partial charge on any atom is 0.121 e. The van der Waals surface area contributed by atoms with Gasteiger partial charge in [-0.25, -0.2) is 4.98 Å². The van der Waals surface area contributed by atoms with Gasteiger partial charge in [0.25, 0.3) is 0 Å². The molecule has 4 heteroatoms. The van der Waals surface area contributed by atoms with Gasteiger partial charge in [0.05, 0.1) is 13.2 Å². The standard InChI is InChI=1S/C16H20N2OS/c1-10-8-12(4-7-14(10)19-3)15(18-13-5-6-13)16-17-11(2)9-20-16/h4,7-9,13,15,18H,5-6H2,1-3H3. The molecule has 3 rings (SSSR count). The summed E-state index contributed by atoms with van der Waals surface area (Å²) >= 11 is 1.73. The summed E-state index contributed by atoms with van der Waals surface area (Å²) in [5, 5.41) is 6.98. The summed E-state index contributed by atoms with van der Waals surface area (Å²) in [5.41, 5.74) is 3.53. The highest BCUT2D eigenvalue weighted by Crippen LogP contribution is 2.32. The number of benzene rings is 1. The van der Waals surface area contributed by atoms with Gasteiger partial charge in [-0.3, -0.25) is 0 Å². The number of thiazole rings is 1. The Bertz CT molecular complexity index is 604. The van der Waals surface area contributed by atoms with Crippen molar-refractivity contribution in [3.8, 4) is 5.75 Å². The number of methoxy groups -OCH3 is 1. The van der Waals surface area contributed by atoms with Crippen LogP contribution in [0.1, 0.15) is 40.7 Å². The Labute approximate surface area is 124 Å². The van der Waals surface area contributed by atoms with Crippen molar-refractivity contribution < 1.29 is 4.74 Å². The van der Waals surface area contributed by atoms with Crippen molar-refractivity contribution in [3.63, 3.8) is 0 Å². The molecule has 3 nitrogen and oxygen atoms in total. The Kier molecular flexibility index (Phi) is 3.76. The predicted molar refractivity (Wildman–Crippen MR) is 82.6 cm³/mol. The van der Waals surface area contributed by atoms with Crippen LogP contribution in [0.15, 0.2) is 23.6 Å². The summed E-state index contributed by atoms with van der Waals surface area (Å²) in [6.07, 6.45) is 2.55. The Morgan fingerprint density at radius 3 is 2.70 bits per heavy atom. The monoisotopic (exact) mass is 288 g/mol. The average molecular weight is 288 g/mol. The zero-order valence-corrected chi connectivity index (χ0v) is 13.0. The molecular formula is C16H20N2OS. The van der Waals surface area contributed by atoms with Gasteiger partial charge in [0.1, 0.15) is 10.8 Å². The molecule has 1 fully saturated rings. The minimum absolute atomic E-state index is 0.200. The summed E-state index contributed by atoms with van der Waals surface area (Å²) < 4.78 is 5.35. The number of ether oxygens (including phenoxy) is 1. The molecular weight excluding hydrogens is 268 g/mol. The van der Waals surface area contributed by atoms with Gasteiger partial charge in [-0.1, -0.05) is 12.1 Å². The first-order valence-corrected chi connectivity index (χ1v) is 7.88. The van der Waals surface area contributed by atoms with Crippen LogP contribution in [-0.4, -0.2) is 18.1 Å². The van der Waals surface area contributed by atoms with E-state index in [4.69, 9.17) is 4.74 Å². The molecule has 0 radical (unpaired) electrons. The lowest BCUT2D eigenvalue weighted by molar-refractivity contribution is 0.411. The minimum Gasteiger partial charge on any atom is -0.496 e. The highest BCUT2D eigenvalue weighted by Gasteiger charge is 2.28. The van der Waals surface area contributed by atoms with Crippen LogP contribution in [0.5, 0.6) is 5.75 Å². The Morgan fingerprint density at radius 2 is 2.15 bits per heavy atom. The topological polar surface area (TPSA) is 34.1 Å². The number of rotatable bonds is 5. The van der Waals surface area contributed by atoms with Crippen molar-refractivity contribution in [2.24, 2.45) is 0 Å². The normalized spacial score (nSPS) is 16.1. The first-order valence-electron chi connectivity index (χ1n) is 7.00. The number of nitrogens with one attached hydrogen (secondary N) is 1. The van der Waals surface area contributed by atoms with E-state index in [1.165, 1.54) is 24.0 Å². The van der Waals surface area contributed by atoms with Gasteiger partial charge in [-0.2, -0.15) is 0 Å². The highest BCUT2D eigenvalue weighted by molar-refractivity contribution is 7.09. The van der Waals surface area contributed by atoms with Gasteiger partial charge < -0.3 is 10.1 Å². The number of aryl methyl sites for hydroxylation is 2. The summed E-state index contributed by atoms with van der Waals surface area (Å²) in [6, 6.07) is 7.24. The third kappa shape index (κ3) is 2.86. The van der Waals surface area contributed by atoms with Crippen LogP contribution in [0.25, 0.3) is 0 Å². The second-order valence-electron chi connectivity index (χ2n) is 5.43. The molecule has 1 saturated carbocycles. The molecule has 0 aliphatic heterocycles. The van der Waals surface area contributed by atoms with Crippen molar-refractivity contribution >= 4 is 11.3 Å². The number of nitrogens with zero attached hydrogens (tertiary/aromatic N) is 1. The van der Waals surface area contributed by atoms with Gasteiger partial charge in [0, 0.05) is 17.1 Å². The first-order chi connectivity index (χ1) is 9.67. The first kappa shape index (κ1) is 13.6. The summed E-state index contributed by atoms with van der Waals surface area (Å²) in [4.78, 5) is 4.67.